The number of pyridine rings is 1. The minimum absolute atomic E-state index is 0.126. The second kappa shape index (κ2) is 11.1. The molecule has 2 unspecified atom stereocenters. The minimum Gasteiger partial charge on any atom is -0.380 e. The van der Waals surface area contributed by atoms with Crippen molar-refractivity contribution in [3.63, 3.8) is 0 Å². The Labute approximate surface area is 234 Å². The van der Waals surface area contributed by atoms with Gasteiger partial charge in [-0.1, -0.05) is 0 Å². The summed E-state index contributed by atoms with van der Waals surface area (Å²) in [6.07, 6.45) is 2.49. The summed E-state index contributed by atoms with van der Waals surface area (Å²) in [5.74, 6) is -0.0951. The standard InChI is InChI=1S/C28H31F3N6O2S/c1-16-8-17-2-5-24(22(17)11-32-16)40-25-14-37(20-6-7-39-15-20)13-18(25)10-33-26(38)12-34-27-21-9-19(28(29,30)31)3-4-23(21)35-36-27/h3-4,8-11,20,24-25H,2,5-7,12-15H2,1H3,(H,33,38)(H2,34,35,36)/b18-10-/t20?,24?,25-/m0/s1. The van der Waals surface area contributed by atoms with Crippen LogP contribution in [0, 0.1) is 6.92 Å². The molecule has 2 saturated heterocycles. The molecule has 0 radical (unpaired) electrons. The summed E-state index contributed by atoms with van der Waals surface area (Å²) in [4.78, 5) is 19.7. The number of anilines is 1. The van der Waals surface area contributed by atoms with Gasteiger partial charge in [0.1, 0.15) is 0 Å². The van der Waals surface area contributed by atoms with Crippen molar-refractivity contribution >= 4 is 34.4 Å². The molecule has 2 aromatic heterocycles. The molecule has 0 bridgehead atoms. The molecule has 6 rings (SSSR count). The van der Waals surface area contributed by atoms with Crippen molar-refractivity contribution in [2.45, 2.75) is 48.9 Å². The van der Waals surface area contributed by atoms with Gasteiger partial charge in [0.15, 0.2) is 5.82 Å². The fraction of sp³-hybridized carbons (Fsp3) is 0.464. The highest BCUT2D eigenvalue weighted by Gasteiger charge is 2.37. The number of hydrogen-bond donors (Lipinski definition) is 3. The van der Waals surface area contributed by atoms with Crippen molar-refractivity contribution in [2.75, 3.05) is 38.2 Å². The molecule has 212 valence electrons. The summed E-state index contributed by atoms with van der Waals surface area (Å²) >= 11 is 1.94. The zero-order chi connectivity index (χ0) is 27.9. The van der Waals surface area contributed by atoms with Crippen molar-refractivity contribution in [3.05, 3.63) is 64.6 Å². The van der Waals surface area contributed by atoms with Crippen molar-refractivity contribution < 1.29 is 22.7 Å². The quantitative estimate of drug-likeness (QED) is 0.381. The number of rotatable bonds is 7. The zero-order valence-electron chi connectivity index (χ0n) is 22.1. The molecule has 3 aliphatic rings. The van der Waals surface area contributed by atoms with Gasteiger partial charge in [-0.15, -0.1) is 11.8 Å². The van der Waals surface area contributed by atoms with Crippen molar-refractivity contribution in [1.29, 1.82) is 0 Å². The lowest BCUT2D eigenvalue weighted by atomic mass is 10.1. The largest absolute Gasteiger partial charge is 0.416 e. The first-order valence-electron chi connectivity index (χ1n) is 13.4. The smallest absolute Gasteiger partial charge is 0.380 e. The molecule has 8 nitrogen and oxygen atoms in total. The number of thioether (sulfide) groups is 1. The molecule has 2 fully saturated rings. The summed E-state index contributed by atoms with van der Waals surface area (Å²) < 4.78 is 45.1. The number of carbonyl (C=O) groups excluding carboxylic acids is 1. The van der Waals surface area contributed by atoms with Gasteiger partial charge in [0, 0.05) is 59.7 Å². The summed E-state index contributed by atoms with van der Waals surface area (Å²) in [7, 11) is 0. The Morgan fingerprint density at radius 1 is 1.27 bits per heavy atom. The maximum absolute atomic E-state index is 13.2. The Kier molecular flexibility index (Phi) is 7.49. The maximum Gasteiger partial charge on any atom is 0.416 e. The average Bonchev–Trinajstić information content (AvgIpc) is 3.72. The van der Waals surface area contributed by atoms with Crippen LogP contribution >= 0.6 is 11.8 Å². The third kappa shape index (κ3) is 5.70. The second-order valence-corrected chi connectivity index (χ2v) is 12.0. The van der Waals surface area contributed by atoms with E-state index in [1.54, 1.807) is 0 Å². The van der Waals surface area contributed by atoms with Crippen LogP contribution in [0.5, 0.6) is 0 Å². The van der Waals surface area contributed by atoms with Crippen LogP contribution in [-0.2, 0) is 22.1 Å². The van der Waals surface area contributed by atoms with E-state index in [-0.39, 0.29) is 28.9 Å². The SMILES string of the molecule is Cc1cc2c(cn1)C(S[C@H]1CN(C3CCOC3)C/C1=C/NC(=O)CNc1n[nH]c3ccc(C(F)(F)F)cc13)CC2. The molecule has 4 heterocycles. The Morgan fingerprint density at radius 3 is 2.95 bits per heavy atom. The number of nitrogens with zero attached hydrogens (tertiary/aromatic N) is 3. The topological polar surface area (TPSA) is 95.2 Å². The molecule has 1 aliphatic carbocycles. The van der Waals surface area contributed by atoms with Crippen LogP contribution in [0.1, 0.15) is 40.5 Å². The Morgan fingerprint density at radius 2 is 2.15 bits per heavy atom. The van der Waals surface area contributed by atoms with E-state index >= 15 is 0 Å². The van der Waals surface area contributed by atoms with E-state index in [9.17, 15) is 18.0 Å². The van der Waals surface area contributed by atoms with Gasteiger partial charge in [-0.3, -0.25) is 19.8 Å². The van der Waals surface area contributed by atoms with Gasteiger partial charge in [0.25, 0.3) is 0 Å². The number of ether oxygens (including phenoxy) is 1. The Bertz CT molecular complexity index is 1440. The fourth-order valence-corrected chi connectivity index (χ4v) is 7.32. The van der Waals surface area contributed by atoms with E-state index in [4.69, 9.17) is 4.74 Å². The Balaban J connectivity index is 1.12. The van der Waals surface area contributed by atoms with E-state index < -0.39 is 11.7 Å². The molecule has 12 heteroatoms. The highest BCUT2D eigenvalue weighted by atomic mass is 32.2. The number of halogens is 3. The van der Waals surface area contributed by atoms with Crippen LogP contribution in [0.15, 0.2) is 42.2 Å². The predicted octanol–water partition coefficient (Wildman–Crippen LogP) is 4.59. The second-order valence-electron chi connectivity index (χ2n) is 10.6. The van der Waals surface area contributed by atoms with Gasteiger partial charge in [-0.05, 0) is 67.2 Å². The van der Waals surface area contributed by atoms with Crippen LogP contribution in [0.2, 0.25) is 0 Å². The number of aromatic amines is 1. The van der Waals surface area contributed by atoms with Crippen LogP contribution in [0.3, 0.4) is 0 Å². The van der Waals surface area contributed by atoms with Crippen LogP contribution in [-0.4, -0.2) is 70.1 Å². The third-order valence-corrected chi connectivity index (χ3v) is 9.46. The minimum atomic E-state index is -4.46. The van der Waals surface area contributed by atoms with Gasteiger partial charge < -0.3 is 15.4 Å². The summed E-state index contributed by atoms with van der Waals surface area (Å²) in [5, 5.41) is 13.4. The lowest BCUT2D eigenvalue weighted by Gasteiger charge is -2.22. The molecule has 3 aromatic rings. The fourth-order valence-electron chi connectivity index (χ4n) is 5.72. The number of likely N-dealkylation sites (tertiary alicyclic amines) is 1. The molecule has 0 saturated carbocycles. The number of alkyl halides is 3. The predicted molar refractivity (Wildman–Crippen MR) is 148 cm³/mol. The molecule has 3 N–H and O–H groups in total. The highest BCUT2D eigenvalue weighted by Crippen LogP contribution is 2.46. The number of benzene rings is 1. The average molecular weight is 573 g/mol. The maximum atomic E-state index is 13.2. The number of nitrogens with one attached hydrogen (secondary N) is 3. The van der Waals surface area contributed by atoms with E-state index in [1.165, 1.54) is 17.2 Å². The first kappa shape index (κ1) is 27.1. The summed E-state index contributed by atoms with van der Waals surface area (Å²) in [6, 6.07) is 5.92. The van der Waals surface area contributed by atoms with E-state index in [2.05, 4.69) is 36.8 Å². The van der Waals surface area contributed by atoms with Crippen LogP contribution in [0.4, 0.5) is 19.0 Å². The molecule has 2 aliphatic heterocycles. The van der Waals surface area contributed by atoms with Gasteiger partial charge >= 0.3 is 6.18 Å². The van der Waals surface area contributed by atoms with Crippen molar-refractivity contribution in [2.24, 2.45) is 0 Å². The number of H-pyrrole nitrogens is 1. The van der Waals surface area contributed by atoms with Crippen LogP contribution in [0.25, 0.3) is 10.9 Å². The number of hydrogen-bond acceptors (Lipinski definition) is 7. The summed E-state index contributed by atoms with van der Waals surface area (Å²) in [5.41, 5.74) is 4.57. The van der Waals surface area contributed by atoms with Gasteiger partial charge in [-0.2, -0.15) is 18.3 Å². The highest BCUT2D eigenvalue weighted by molar-refractivity contribution is 8.00. The first-order chi connectivity index (χ1) is 19.2. The number of aryl methyl sites for hydroxylation is 2. The van der Waals surface area contributed by atoms with Gasteiger partial charge in [-0.25, -0.2) is 0 Å². The lowest BCUT2D eigenvalue weighted by molar-refractivity contribution is -0.137. The first-order valence-corrected chi connectivity index (χ1v) is 14.4. The molecule has 1 amide bonds. The Hall–Kier alpha value is -3.09. The lowest BCUT2D eigenvalue weighted by Crippen LogP contribution is -2.34. The number of aromatic nitrogens is 3. The third-order valence-electron chi connectivity index (χ3n) is 7.86. The molecular formula is C28H31F3N6O2S. The molecule has 0 spiro atoms. The zero-order valence-corrected chi connectivity index (χ0v) is 22.9. The molecule has 3 atom stereocenters. The van der Waals surface area contributed by atoms with Crippen molar-refractivity contribution in [1.82, 2.24) is 25.4 Å². The van der Waals surface area contributed by atoms with Gasteiger partial charge in [0.2, 0.25) is 5.91 Å². The van der Waals surface area contributed by atoms with E-state index in [0.717, 1.165) is 69.0 Å². The molecule has 1 aromatic carbocycles. The normalized spacial score (nSPS) is 24.2. The van der Waals surface area contributed by atoms with Crippen LogP contribution < -0.4 is 10.6 Å². The van der Waals surface area contributed by atoms with E-state index in [0.29, 0.717) is 16.8 Å². The van der Waals surface area contributed by atoms with Crippen molar-refractivity contribution in [3.8, 4) is 0 Å². The molecular weight excluding hydrogens is 541 g/mol. The van der Waals surface area contributed by atoms with Gasteiger partial charge in [0.05, 0.1) is 24.2 Å². The number of fused-ring (bicyclic) bond motifs is 2. The van der Waals surface area contributed by atoms with E-state index in [1.807, 2.05) is 31.1 Å². The number of carbonyl (C=O) groups is 1. The summed E-state index contributed by atoms with van der Waals surface area (Å²) in [6.45, 7) is 5.04. The monoisotopic (exact) mass is 572 g/mol. The molecule has 40 heavy (non-hydrogen) atoms. The number of amides is 1.